The number of nitrogens with zero attached hydrogens (tertiary/aromatic N) is 1. The lowest BCUT2D eigenvalue weighted by Crippen LogP contribution is -2.20. The molecule has 1 unspecified atom stereocenters. The van der Waals surface area contributed by atoms with Gasteiger partial charge in [-0.3, -0.25) is 0 Å². The van der Waals surface area contributed by atoms with Gasteiger partial charge in [-0.25, -0.2) is 4.98 Å². The molecule has 0 bridgehead atoms. The number of hydrogen-bond acceptors (Lipinski definition) is 4. The molecule has 0 saturated heterocycles. The fraction of sp³-hybridized carbons (Fsp3) is 0.417. The number of hydrogen-bond donors (Lipinski definition) is 1. The Bertz CT molecular complexity index is 498. The van der Waals surface area contributed by atoms with E-state index in [0.717, 1.165) is 27.8 Å². The molecule has 5 heteroatoms. The highest BCUT2D eigenvalue weighted by Gasteiger charge is 2.09. The normalized spacial score (nSPS) is 12.9. The number of anilines is 1. The zero-order valence-corrected chi connectivity index (χ0v) is 12.3. The van der Waals surface area contributed by atoms with E-state index in [4.69, 9.17) is 11.6 Å². The van der Waals surface area contributed by atoms with Crippen LogP contribution < -0.4 is 5.32 Å². The van der Waals surface area contributed by atoms with Crippen LogP contribution in [-0.2, 0) is 0 Å². The Kier molecular flexibility index (Phi) is 4.54. The van der Waals surface area contributed by atoms with Crippen LogP contribution in [0.3, 0.4) is 0 Å². The van der Waals surface area contributed by atoms with Crippen LogP contribution in [0.2, 0.25) is 5.02 Å². The molecule has 2 rings (SSSR count). The molecule has 0 amide bonds. The van der Waals surface area contributed by atoms with Crippen LogP contribution in [0.4, 0.5) is 5.13 Å². The topological polar surface area (TPSA) is 24.9 Å². The van der Waals surface area contributed by atoms with Gasteiger partial charge >= 0.3 is 0 Å². The molecule has 0 radical (unpaired) electrons. The van der Waals surface area contributed by atoms with Crippen molar-refractivity contribution in [3.63, 3.8) is 0 Å². The molecule has 0 aliphatic rings. The molecule has 0 spiro atoms. The summed E-state index contributed by atoms with van der Waals surface area (Å²) in [5.41, 5.74) is 0.976. The zero-order chi connectivity index (χ0) is 12.3. The molecule has 0 saturated carbocycles. The predicted molar refractivity (Wildman–Crippen MR) is 80.7 cm³/mol. The van der Waals surface area contributed by atoms with Crippen molar-refractivity contribution in [3.8, 4) is 0 Å². The summed E-state index contributed by atoms with van der Waals surface area (Å²) < 4.78 is 1.18. The van der Waals surface area contributed by atoms with Gasteiger partial charge in [0.1, 0.15) is 0 Å². The Morgan fingerprint density at radius 2 is 2.35 bits per heavy atom. The lowest BCUT2D eigenvalue weighted by atomic mass is 10.3. The van der Waals surface area contributed by atoms with Gasteiger partial charge in [-0.1, -0.05) is 29.9 Å². The molecule has 92 valence electrons. The quantitative estimate of drug-likeness (QED) is 0.876. The van der Waals surface area contributed by atoms with Gasteiger partial charge in [0.05, 0.1) is 10.2 Å². The molecule has 1 N–H and O–H groups in total. The van der Waals surface area contributed by atoms with Crippen molar-refractivity contribution in [2.24, 2.45) is 0 Å². The highest BCUT2D eigenvalue weighted by atomic mass is 35.5. The van der Waals surface area contributed by atoms with E-state index in [-0.39, 0.29) is 0 Å². The number of rotatable bonds is 5. The molecule has 1 aromatic heterocycles. The minimum Gasteiger partial charge on any atom is -0.358 e. The lowest BCUT2D eigenvalue weighted by Gasteiger charge is -2.14. The Morgan fingerprint density at radius 3 is 3.06 bits per heavy atom. The molecule has 0 fully saturated rings. The molecule has 1 atom stereocenters. The molecule has 0 aliphatic carbocycles. The van der Waals surface area contributed by atoms with Crippen molar-refractivity contribution < 1.29 is 0 Å². The fourth-order valence-corrected chi connectivity index (χ4v) is 3.41. The maximum Gasteiger partial charge on any atom is 0.184 e. The number of halogens is 1. The van der Waals surface area contributed by atoms with Gasteiger partial charge in [-0.2, -0.15) is 11.8 Å². The molecule has 17 heavy (non-hydrogen) atoms. The van der Waals surface area contributed by atoms with Gasteiger partial charge in [-0.05, 0) is 30.9 Å². The number of fused-ring (bicyclic) bond motifs is 1. The van der Waals surface area contributed by atoms with E-state index in [1.165, 1.54) is 4.70 Å². The number of aromatic nitrogens is 1. The van der Waals surface area contributed by atoms with E-state index in [1.54, 1.807) is 11.3 Å². The summed E-state index contributed by atoms with van der Waals surface area (Å²) in [5.74, 6) is 1.10. The summed E-state index contributed by atoms with van der Waals surface area (Å²) in [7, 11) is 0. The van der Waals surface area contributed by atoms with Gasteiger partial charge in [0.2, 0.25) is 0 Å². The maximum atomic E-state index is 5.95. The Balaban J connectivity index is 2.18. The Morgan fingerprint density at radius 1 is 1.53 bits per heavy atom. The van der Waals surface area contributed by atoms with Crippen molar-refractivity contribution >= 4 is 50.0 Å². The van der Waals surface area contributed by atoms with Crippen molar-refractivity contribution in [2.75, 3.05) is 17.3 Å². The van der Waals surface area contributed by atoms with Crippen LogP contribution in [0.1, 0.15) is 13.3 Å². The summed E-state index contributed by atoms with van der Waals surface area (Å²) in [5, 5.41) is 5.21. The van der Waals surface area contributed by atoms with Gasteiger partial charge in [0.25, 0.3) is 0 Å². The molecular weight excluding hydrogens is 272 g/mol. The van der Waals surface area contributed by atoms with Crippen molar-refractivity contribution in [2.45, 2.75) is 19.4 Å². The SMILES string of the molecule is CCC(CSC)Nc1nc2cc(Cl)ccc2s1. The highest BCUT2D eigenvalue weighted by molar-refractivity contribution is 7.98. The Labute approximate surface area is 115 Å². The third-order valence-corrected chi connectivity index (χ3v) is 4.48. The average Bonchev–Trinajstić information content (AvgIpc) is 2.69. The number of thioether (sulfide) groups is 1. The minimum atomic E-state index is 0.487. The molecule has 2 nitrogen and oxygen atoms in total. The van der Waals surface area contributed by atoms with Gasteiger partial charge in [0.15, 0.2) is 5.13 Å². The molecule has 0 aliphatic heterocycles. The van der Waals surface area contributed by atoms with Crippen molar-refractivity contribution in [1.29, 1.82) is 0 Å². The maximum absolute atomic E-state index is 5.95. The summed E-state index contributed by atoms with van der Waals surface area (Å²) in [6, 6.07) is 6.33. The third-order valence-electron chi connectivity index (χ3n) is 2.54. The first kappa shape index (κ1) is 13.0. The monoisotopic (exact) mass is 286 g/mol. The van der Waals surface area contributed by atoms with Crippen LogP contribution in [0.25, 0.3) is 10.2 Å². The Hall–Kier alpha value is -0.450. The smallest absolute Gasteiger partial charge is 0.184 e. The van der Waals surface area contributed by atoms with E-state index < -0.39 is 0 Å². The average molecular weight is 287 g/mol. The fourth-order valence-electron chi connectivity index (χ4n) is 1.60. The standard InChI is InChI=1S/C12H15ClN2S2/c1-3-9(7-16-2)14-12-15-10-6-8(13)4-5-11(10)17-12/h4-6,9H,3,7H2,1-2H3,(H,14,15). The van der Waals surface area contributed by atoms with Crippen LogP contribution in [0, 0.1) is 0 Å². The predicted octanol–water partition coefficient (Wildman–Crippen LogP) is 4.50. The van der Waals surface area contributed by atoms with Crippen LogP contribution in [0.15, 0.2) is 18.2 Å². The molecule has 2 aromatic rings. The second-order valence-corrected chi connectivity index (χ2v) is 6.21. The van der Waals surface area contributed by atoms with Crippen LogP contribution in [-0.4, -0.2) is 23.0 Å². The van der Waals surface area contributed by atoms with E-state index in [9.17, 15) is 0 Å². The summed E-state index contributed by atoms with van der Waals surface area (Å²) >= 11 is 9.49. The molecular formula is C12H15ClN2S2. The minimum absolute atomic E-state index is 0.487. The second kappa shape index (κ2) is 5.94. The van der Waals surface area contributed by atoms with Crippen LogP contribution >= 0.6 is 34.7 Å². The number of thiazole rings is 1. The first-order valence-electron chi connectivity index (χ1n) is 5.54. The van der Waals surface area contributed by atoms with Gasteiger partial charge in [0, 0.05) is 16.8 Å². The highest BCUT2D eigenvalue weighted by Crippen LogP contribution is 2.28. The van der Waals surface area contributed by atoms with Gasteiger partial charge < -0.3 is 5.32 Å². The largest absolute Gasteiger partial charge is 0.358 e. The first-order chi connectivity index (χ1) is 8.22. The molecule has 1 aromatic carbocycles. The van der Waals surface area contributed by atoms with E-state index in [0.29, 0.717) is 6.04 Å². The summed E-state index contributed by atoms with van der Waals surface area (Å²) in [6.45, 7) is 2.19. The van der Waals surface area contributed by atoms with E-state index in [1.807, 2.05) is 30.0 Å². The lowest BCUT2D eigenvalue weighted by molar-refractivity contribution is 0.774. The van der Waals surface area contributed by atoms with E-state index in [2.05, 4.69) is 23.5 Å². The van der Waals surface area contributed by atoms with Crippen molar-refractivity contribution in [1.82, 2.24) is 4.98 Å². The molecule has 1 heterocycles. The number of nitrogens with one attached hydrogen (secondary N) is 1. The zero-order valence-electron chi connectivity index (χ0n) is 9.87. The van der Waals surface area contributed by atoms with Crippen molar-refractivity contribution in [3.05, 3.63) is 23.2 Å². The van der Waals surface area contributed by atoms with Crippen LogP contribution in [0.5, 0.6) is 0 Å². The second-order valence-electron chi connectivity index (χ2n) is 3.84. The third kappa shape index (κ3) is 3.27. The van der Waals surface area contributed by atoms with Gasteiger partial charge in [-0.15, -0.1) is 0 Å². The number of benzene rings is 1. The summed E-state index contributed by atoms with van der Waals surface area (Å²) in [6.07, 6.45) is 3.24. The van der Waals surface area contributed by atoms with E-state index >= 15 is 0 Å². The first-order valence-corrected chi connectivity index (χ1v) is 8.13. The summed E-state index contributed by atoms with van der Waals surface area (Å²) in [4.78, 5) is 4.56.